The smallest absolute Gasteiger partial charge is 0.0883 e. The van der Waals surface area contributed by atoms with E-state index in [2.05, 4.69) is 38.1 Å². The molecule has 1 aromatic rings. The monoisotopic (exact) mass is 287 g/mol. The Morgan fingerprint density at radius 1 is 1.42 bits per heavy atom. The van der Waals surface area contributed by atoms with E-state index in [1.54, 1.807) is 13.3 Å². The van der Waals surface area contributed by atoms with Gasteiger partial charge in [-0.05, 0) is 33.7 Å². The fourth-order valence-electron chi connectivity index (χ4n) is 2.75. The maximum atomic E-state index is 6.36. The normalized spacial score (nSPS) is 14.1. The van der Waals surface area contributed by atoms with Gasteiger partial charge in [-0.15, -0.1) is 0 Å². The van der Waals surface area contributed by atoms with Crippen molar-refractivity contribution in [1.82, 2.24) is 15.1 Å². The Kier molecular flexibility index (Phi) is 5.83. The lowest BCUT2D eigenvalue weighted by atomic mass is 9.86. The first kappa shape index (κ1) is 16.5. The van der Waals surface area contributed by atoms with Gasteiger partial charge in [0.15, 0.2) is 0 Å². The van der Waals surface area contributed by atoms with E-state index >= 15 is 0 Å². The summed E-state index contributed by atoms with van der Waals surface area (Å²) in [6, 6.07) is 0.284. The zero-order valence-corrected chi connectivity index (χ0v) is 13.6. The molecule has 0 spiro atoms. The van der Waals surface area contributed by atoms with Crippen LogP contribution in [0.15, 0.2) is 6.20 Å². The molecule has 1 unspecified atom stereocenters. The quantitative estimate of drug-likeness (QED) is 0.833. The molecule has 1 N–H and O–H groups in total. The highest BCUT2D eigenvalue weighted by Crippen LogP contribution is 2.38. The van der Waals surface area contributed by atoms with Gasteiger partial charge in [0.05, 0.1) is 28.6 Å². The summed E-state index contributed by atoms with van der Waals surface area (Å²) in [6.07, 6.45) is 3.53. The first-order valence-electron chi connectivity index (χ1n) is 6.92. The van der Waals surface area contributed by atoms with Crippen molar-refractivity contribution in [2.24, 2.45) is 0 Å². The Morgan fingerprint density at radius 3 is 2.37 bits per heavy atom. The maximum Gasteiger partial charge on any atom is 0.0883 e. The number of rotatable bonds is 7. The summed E-state index contributed by atoms with van der Waals surface area (Å²) in [4.78, 5) is 0. The molecule has 0 saturated heterocycles. The van der Waals surface area contributed by atoms with Crippen LogP contribution in [0, 0.1) is 0 Å². The van der Waals surface area contributed by atoms with Crippen LogP contribution in [0.1, 0.15) is 58.3 Å². The van der Waals surface area contributed by atoms with E-state index in [1.165, 1.54) is 0 Å². The molecule has 0 saturated carbocycles. The third-order valence-electron chi connectivity index (χ3n) is 3.97. The molecule has 19 heavy (non-hydrogen) atoms. The van der Waals surface area contributed by atoms with E-state index in [9.17, 15) is 0 Å². The van der Waals surface area contributed by atoms with E-state index in [4.69, 9.17) is 16.3 Å². The predicted molar refractivity (Wildman–Crippen MR) is 79.7 cm³/mol. The van der Waals surface area contributed by atoms with Crippen LogP contribution in [-0.2, 0) is 4.74 Å². The van der Waals surface area contributed by atoms with Gasteiger partial charge < -0.3 is 10.1 Å². The number of halogens is 1. The van der Waals surface area contributed by atoms with Crippen molar-refractivity contribution in [2.75, 3.05) is 14.2 Å². The molecule has 0 radical (unpaired) electrons. The average Bonchev–Trinajstić information content (AvgIpc) is 2.78. The molecular weight excluding hydrogens is 262 g/mol. The van der Waals surface area contributed by atoms with Crippen molar-refractivity contribution in [2.45, 2.75) is 58.2 Å². The number of nitrogens with zero attached hydrogens (tertiary/aromatic N) is 2. The van der Waals surface area contributed by atoms with Crippen LogP contribution in [0.3, 0.4) is 0 Å². The minimum absolute atomic E-state index is 0.0184. The number of aromatic nitrogens is 2. The first-order chi connectivity index (χ1) is 8.97. The highest BCUT2D eigenvalue weighted by atomic mass is 35.5. The largest absolute Gasteiger partial charge is 0.376 e. The van der Waals surface area contributed by atoms with Crippen LogP contribution < -0.4 is 5.32 Å². The van der Waals surface area contributed by atoms with Crippen LogP contribution in [0.5, 0.6) is 0 Å². The Morgan fingerprint density at radius 2 is 2.00 bits per heavy atom. The van der Waals surface area contributed by atoms with E-state index in [0.29, 0.717) is 5.02 Å². The molecule has 1 atom stereocenters. The number of hydrogen-bond acceptors (Lipinski definition) is 3. The summed E-state index contributed by atoms with van der Waals surface area (Å²) in [7, 11) is 3.71. The van der Waals surface area contributed by atoms with Gasteiger partial charge in [-0.25, -0.2) is 0 Å². The minimum Gasteiger partial charge on any atom is -0.376 e. The van der Waals surface area contributed by atoms with Gasteiger partial charge in [0, 0.05) is 13.2 Å². The Labute approximate surface area is 121 Å². The summed E-state index contributed by atoms with van der Waals surface area (Å²) >= 11 is 6.36. The Balaban J connectivity index is 3.34. The fraction of sp³-hybridized carbons (Fsp3) is 0.786. The zero-order chi connectivity index (χ0) is 14.6. The third-order valence-corrected chi connectivity index (χ3v) is 4.26. The Hall–Kier alpha value is -0.580. The Bertz CT molecular complexity index is 391. The molecule has 110 valence electrons. The minimum atomic E-state index is -0.273. The predicted octanol–water partition coefficient (Wildman–Crippen LogP) is 3.58. The molecule has 0 aromatic carbocycles. The standard InChI is InChI=1S/C14H26ClN3O/c1-7-14(8-2,19-6)13(16-5)12-11(15)9-17-18(12)10(3)4/h9-10,13,16H,7-8H2,1-6H3. The molecule has 0 bridgehead atoms. The van der Waals surface area contributed by atoms with E-state index in [1.807, 2.05) is 11.7 Å². The molecule has 0 amide bonds. The highest BCUT2D eigenvalue weighted by Gasteiger charge is 2.39. The number of ether oxygens (including phenoxy) is 1. The summed E-state index contributed by atoms with van der Waals surface area (Å²) in [5, 5.41) is 8.44. The molecule has 1 heterocycles. The van der Waals surface area contributed by atoms with Crippen molar-refractivity contribution in [3.63, 3.8) is 0 Å². The van der Waals surface area contributed by atoms with Crippen molar-refractivity contribution in [3.05, 3.63) is 16.9 Å². The number of methoxy groups -OCH3 is 1. The van der Waals surface area contributed by atoms with E-state index < -0.39 is 0 Å². The summed E-state index contributed by atoms with van der Waals surface area (Å²) in [6.45, 7) is 8.49. The first-order valence-corrected chi connectivity index (χ1v) is 7.30. The van der Waals surface area contributed by atoms with Gasteiger partial charge in [-0.1, -0.05) is 25.4 Å². The summed E-state index contributed by atoms with van der Waals surface area (Å²) in [5.41, 5.74) is 0.732. The van der Waals surface area contributed by atoms with Crippen LogP contribution >= 0.6 is 11.6 Å². The molecule has 0 aliphatic carbocycles. The number of likely N-dealkylation sites (N-methyl/N-ethyl adjacent to an activating group) is 1. The van der Waals surface area contributed by atoms with Crippen molar-refractivity contribution in [3.8, 4) is 0 Å². The molecular formula is C14H26ClN3O. The topological polar surface area (TPSA) is 39.1 Å². The van der Waals surface area contributed by atoms with Gasteiger partial charge in [0.25, 0.3) is 0 Å². The number of hydrogen-bond donors (Lipinski definition) is 1. The molecule has 5 heteroatoms. The van der Waals surface area contributed by atoms with Crippen LogP contribution in [0.4, 0.5) is 0 Å². The van der Waals surface area contributed by atoms with E-state index in [-0.39, 0.29) is 17.7 Å². The van der Waals surface area contributed by atoms with Crippen LogP contribution in [-0.4, -0.2) is 29.5 Å². The SMILES string of the molecule is CCC(CC)(OC)C(NC)c1c(Cl)cnn1C(C)C. The second kappa shape index (κ2) is 6.73. The molecule has 1 aromatic heterocycles. The van der Waals surface area contributed by atoms with Gasteiger partial charge in [-0.3, -0.25) is 4.68 Å². The zero-order valence-electron chi connectivity index (χ0n) is 12.8. The molecule has 0 aliphatic heterocycles. The van der Waals surface area contributed by atoms with Gasteiger partial charge in [0.2, 0.25) is 0 Å². The fourth-order valence-corrected chi connectivity index (χ4v) is 2.99. The van der Waals surface area contributed by atoms with Gasteiger partial charge in [0.1, 0.15) is 0 Å². The van der Waals surface area contributed by atoms with Crippen molar-refractivity contribution < 1.29 is 4.74 Å². The lowest BCUT2D eigenvalue weighted by molar-refractivity contribution is -0.0490. The third kappa shape index (κ3) is 2.96. The molecule has 0 aliphatic rings. The molecule has 0 fully saturated rings. The van der Waals surface area contributed by atoms with Gasteiger partial charge >= 0.3 is 0 Å². The maximum absolute atomic E-state index is 6.36. The lowest BCUT2D eigenvalue weighted by Crippen LogP contribution is -2.45. The lowest BCUT2D eigenvalue weighted by Gasteiger charge is -2.39. The molecule has 4 nitrogen and oxygen atoms in total. The van der Waals surface area contributed by atoms with Gasteiger partial charge in [-0.2, -0.15) is 5.10 Å². The number of nitrogens with one attached hydrogen (secondary N) is 1. The second-order valence-electron chi connectivity index (χ2n) is 5.11. The van der Waals surface area contributed by atoms with Crippen LogP contribution in [0.25, 0.3) is 0 Å². The average molecular weight is 288 g/mol. The van der Waals surface area contributed by atoms with E-state index in [0.717, 1.165) is 18.5 Å². The summed E-state index contributed by atoms with van der Waals surface area (Å²) < 4.78 is 7.82. The van der Waals surface area contributed by atoms with Crippen molar-refractivity contribution in [1.29, 1.82) is 0 Å². The van der Waals surface area contributed by atoms with Crippen LogP contribution in [0.2, 0.25) is 5.02 Å². The second-order valence-corrected chi connectivity index (χ2v) is 5.52. The van der Waals surface area contributed by atoms with Crippen molar-refractivity contribution >= 4 is 11.6 Å². The molecule has 1 rings (SSSR count). The summed E-state index contributed by atoms with van der Waals surface area (Å²) in [5.74, 6) is 0. The highest BCUT2D eigenvalue weighted by molar-refractivity contribution is 6.31.